The SMILES string of the molecule is COc1ccc(SCC(=O)N2CCCCC2CCc2ccc(OC)c(OC)c2)cc1. The molecule has 1 atom stereocenters. The fraction of sp³-hybridized carbons (Fsp3) is 0.458. The maximum atomic E-state index is 12.9. The smallest absolute Gasteiger partial charge is 0.233 e. The molecule has 1 amide bonds. The molecule has 0 spiro atoms. The van der Waals surface area contributed by atoms with Gasteiger partial charge in [0.25, 0.3) is 0 Å². The zero-order valence-corrected chi connectivity index (χ0v) is 18.9. The minimum atomic E-state index is 0.229. The Morgan fingerprint density at radius 2 is 1.77 bits per heavy atom. The summed E-state index contributed by atoms with van der Waals surface area (Å²) in [4.78, 5) is 16.1. The summed E-state index contributed by atoms with van der Waals surface area (Å²) in [5, 5.41) is 0. The number of hydrogen-bond donors (Lipinski definition) is 0. The topological polar surface area (TPSA) is 48.0 Å². The Morgan fingerprint density at radius 1 is 1.00 bits per heavy atom. The molecule has 0 saturated carbocycles. The highest BCUT2D eigenvalue weighted by Gasteiger charge is 2.26. The highest BCUT2D eigenvalue weighted by molar-refractivity contribution is 8.00. The first kappa shape index (κ1) is 22.3. The normalized spacial score (nSPS) is 16.2. The van der Waals surface area contributed by atoms with E-state index in [4.69, 9.17) is 14.2 Å². The fourth-order valence-electron chi connectivity index (χ4n) is 3.90. The first-order valence-electron chi connectivity index (χ1n) is 10.4. The number of rotatable bonds is 9. The molecule has 0 bridgehead atoms. The minimum absolute atomic E-state index is 0.229. The van der Waals surface area contributed by atoms with E-state index >= 15 is 0 Å². The molecule has 0 aliphatic carbocycles. The van der Waals surface area contributed by atoms with E-state index in [-0.39, 0.29) is 5.91 Å². The van der Waals surface area contributed by atoms with E-state index < -0.39 is 0 Å². The molecule has 0 aromatic heterocycles. The standard InChI is InChI=1S/C24H31NO4S/c1-27-20-10-12-21(13-11-20)30-17-24(26)25-15-5-4-6-19(25)9-7-18-8-14-22(28-2)23(16-18)29-3/h8,10-14,16,19H,4-7,9,15,17H2,1-3H3. The Balaban J connectivity index is 1.56. The van der Waals surface area contributed by atoms with E-state index in [0.717, 1.165) is 54.4 Å². The van der Waals surface area contributed by atoms with Crippen LogP contribution in [0.2, 0.25) is 0 Å². The summed E-state index contributed by atoms with van der Waals surface area (Å²) < 4.78 is 15.9. The lowest BCUT2D eigenvalue weighted by Gasteiger charge is -2.36. The van der Waals surface area contributed by atoms with Gasteiger partial charge in [-0.2, -0.15) is 0 Å². The molecule has 5 nitrogen and oxygen atoms in total. The molecule has 1 fully saturated rings. The molecule has 1 unspecified atom stereocenters. The van der Waals surface area contributed by atoms with E-state index in [1.807, 2.05) is 36.4 Å². The monoisotopic (exact) mass is 429 g/mol. The van der Waals surface area contributed by atoms with Crippen LogP contribution in [0.1, 0.15) is 31.2 Å². The average Bonchev–Trinajstić information content (AvgIpc) is 2.81. The first-order chi connectivity index (χ1) is 14.6. The van der Waals surface area contributed by atoms with E-state index in [1.54, 1.807) is 33.1 Å². The molecule has 1 aliphatic heterocycles. The van der Waals surface area contributed by atoms with Gasteiger partial charge in [-0.1, -0.05) is 6.07 Å². The number of carbonyl (C=O) groups excluding carboxylic acids is 1. The number of thioether (sulfide) groups is 1. The van der Waals surface area contributed by atoms with Crippen LogP contribution in [-0.2, 0) is 11.2 Å². The Bertz CT molecular complexity index is 824. The van der Waals surface area contributed by atoms with Gasteiger partial charge < -0.3 is 19.1 Å². The Labute approximate surface area is 183 Å². The molecule has 2 aromatic rings. The molecule has 0 radical (unpaired) electrons. The first-order valence-corrected chi connectivity index (χ1v) is 11.4. The lowest BCUT2D eigenvalue weighted by molar-refractivity contribution is -0.132. The number of piperidine rings is 1. The van der Waals surface area contributed by atoms with Gasteiger partial charge in [0, 0.05) is 17.5 Å². The average molecular weight is 430 g/mol. The van der Waals surface area contributed by atoms with Gasteiger partial charge in [0.2, 0.25) is 5.91 Å². The lowest BCUT2D eigenvalue weighted by Crippen LogP contribution is -2.44. The molecule has 2 aromatic carbocycles. The zero-order chi connectivity index (χ0) is 21.3. The van der Waals surface area contributed by atoms with Crippen molar-refractivity contribution in [3.63, 3.8) is 0 Å². The van der Waals surface area contributed by atoms with Crippen LogP contribution in [0.5, 0.6) is 17.2 Å². The van der Waals surface area contributed by atoms with Gasteiger partial charge in [-0.3, -0.25) is 4.79 Å². The Kier molecular flexibility index (Phi) is 8.31. The number of ether oxygens (including phenoxy) is 3. The number of amides is 1. The van der Waals surface area contributed by atoms with Gasteiger partial charge in [-0.15, -0.1) is 11.8 Å². The summed E-state index contributed by atoms with van der Waals surface area (Å²) in [6.45, 7) is 0.860. The third-order valence-corrected chi connectivity index (χ3v) is 6.58. The maximum Gasteiger partial charge on any atom is 0.233 e. The second-order valence-electron chi connectivity index (χ2n) is 7.43. The van der Waals surface area contributed by atoms with Gasteiger partial charge in [0.15, 0.2) is 11.5 Å². The van der Waals surface area contributed by atoms with Crippen LogP contribution in [0.15, 0.2) is 47.4 Å². The number of benzene rings is 2. The second-order valence-corrected chi connectivity index (χ2v) is 8.48. The van der Waals surface area contributed by atoms with Crippen LogP contribution < -0.4 is 14.2 Å². The van der Waals surface area contributed by atoms with Gasteiger partial charge in [0.05, 0.1) is 27.1 Å². The van der Waals surface area contributed by atoms with Crippen molar-refractivity contribution in [3.8, 4) is 17.2 Å². The van der Waals surface area contributed by atoms with Crippen LogP contribution in [0.25, 0.3) is 0 Å². The van der Waals surface area contributed by atoms with Crippen LogP contribution in [0, 0.1) is 0 Å². The molecule has 162 valence electrons. The summed E-state index contributed by atoms with van der Waals surface area (Å²) in [6.07, 6.45) is 5.24. The Morgan fingerprint density at radius 3 is 2.47 bits per heavy atom. The molecule has 1 saturated heterocycles. The van der Waals surface area contributed by atoms with Crippen molar-refractivity contribution in [1.82, 2.24) is 4.90 Å². The van der Waals surface area contributed by atoms with E-state index in [9.17, 15) is 4.79 Å². The molecular weight excluding hydrogens is 398 g/mol. The van der Waals surface area contributed by atoms with Gasteiger partial charge >= 0.3 is 0 Å². The van der Waals surface area contributed by atoms with Gasteiger partial charge in [0.1, 0.15) is 5.75 Å². The van der Waals surface area contributed by atoms with Gasteiger partial charge in [-0.05, 0) is 74.1 Å². The van der Waals surface area contributed by atoms with Crippen molar-refractivity contribution in [2.45, 2.75) is 43.0 Å². The number of nitrogens with zero attached hydrogens (tertiary/aromatic N) is 1. The summed E-state index contributed by atoms with van der Waals surface area (Å²) in [7, 11) is 4.96. The number of aryl methyl sites for hydroxylation is 1. The predicted molar refractivity (Wildman–Crippen MR) is 121 cm³/mol. The summed E-state index contributed by atoms with van der Waals surface area (Å²) in [5.41, 5.74) is 1.21. The number of hydrogen-bond acceptors (Lipinski definition) is 5. The van der Waals surface area contributed by atoms with Crippen molar-refractivity contribution in [3.05, 3.63) is 48.0 Å². The summed E-state index contributed by atoms with van der Waals surface area (Å²) >= 11 is 1.59. The van der Waals surface area contributed by atoms with Crippen LogP contribution >= 0.6 is 11.8 Å². The van der Waals surface area contributed by atoms with Crippen molar-refractivity contribution in [2.24, 2.45) is 0 Å². The molecule has 6 heteroatoms. The molecular formula is C24H31NO4S. The highest BCUT2D eigenvalue weighted by atomic mass is 32.2. The lowest BCUT2D eigenvalue weighted by atomic mass is 9.95. The quantitative estimate of drug-likeness (QED) is 0.535. The zero-order valence-electron chi connectivity index (χ0n) is 18.1. The van der Waals surface area contributed by atoms with Gasteiger partial charge in [-0.25, -0.2) is 0 Å². The molecule has 0 N–H and O–H groups in total. The van der Waals surface area contributed by atoms with Crippen molar-refractivity contribution < 1.29 is 19.0 Å². The number of likely N-dealkylation sites (tertiary alicyclic amines) is 1. The maximum absolute atomic E-state index is 12.9. The van der Waals surface area contributed by atoms with E-state index in [2.05, 4.69) is 11.0 Å². The predicted octanol–water partition coefficient (Wildman–Crippen LogP) is 4.82. The summed E-state index contributed by atoms with van der Waals surface area (Å²) in [5.74, 6) is 3.03. The largest absolute Gasteiger partial charge is 0.497 e. The molecule has 3 rings (SSSR count). The summed E-state index contributed by atoms with van der Waals surface area (Å²) in [6, 6.07) is 14.2. The second kappa shape index (κ2) is 11.2. The molecule has 1 heterocycles. The number of methoxy groups -OCH3 is 3. The van der Waals surface area contributed by atoms with Crippen LogP contribution in [-0.4, -0.2) is 50.5 Å². The molecule has 1 aliphatic rings. The van der Waals surface area contributed by atoms with Crippen LogP contribution in [0.4, 0.5) is 0 Å². The minimum Gasteiger partial charge on any atom is -0.497 e. The van der Waals surface area contributed by atoms with Crippen LogP contribution in [0.3, 0.4) is 0 Å². The van der Waals surface area contributed by atoms with Crippen molar-refractivity contribution in [2.75, 3.05) is 33.6 Å². The third kappa shape index (κ3) is 5.85. The van der Waals surface area contributed by atoms with E-state index in [1.165, 1.54) is 12.0 Å². The van der Waals surface area contributed by atoms with Crippen molar-refractivity contribution >= 4 is 17.7 Å². The highest BCUT2D eigenvalue weighted by Crippen LogP contribution is 2.30. The molecule has 30 heavy (non-hydrogen) atoms. The Hall–Kier alpha value is -2.34. The van der Waals surface area contributed by atoms with Crippen molar-refractivity contribution in [1.29, 1.82) is 0 Å². The van der Waals surface area contributed by atoms with E-state index in [0.29, 0.717) is 11.8 Å². The third-order valence-electron chi connectivity index (χ3n) is 5.58. The fourth-order valence-corrected chi connectivity index (χ4v) is 4.68. The number of carbonyl (C=O) groups is 1.